The number of rotatable bonds is 5. The van der Waals surface area contributed by atoms with Crippen LogP contribution in [-0.4, -0.2) is 23.3 Å². The maximum absolute atomic E-state index is 13.4. The Balaban J connectivity index is 2.73. The number of carboxylic acid groups (broad SMARTS) is 1. The van der Waals surface area contributed by atoms with Gasteiger partial charge in [-0.1, -0.05) is 0 Å². The van der Waals surface area contributed by atoms with Crippen molar-refractivity contribution >= 4 is 5.97 Å². The van der Waals surface area contributed by atoms with E-state index in [2.05, 4.69) is 0 Å². The Labute approximate surface area is 92.3 Å². The number of aliphatic carboxylic acids is 1. The van der Waals surface area contributed by atoms with Crippen LogP contribution in [0.1, 0.15) is 18.4 Å². The normalized spacial score (nSPS) is 10.1. The minimum Gasteiger partial charge on any atom is -0.504 e. The minimum atomic E-state index is -0.918. The van der Waals surface area contributed by atoms with Gasteiger partial charge in [-0.05, 0) is 24.5 Å². The summed E-state index contributed by atoms with van der Waals surface area (Å²) in [6.45, 7) is 0. The van der Waals surface area contributed by atoms with E-state index in [0.29, 0.717) is 12.0 Å². The molecule has 0 heterocycles. The van der Waals surface area contributed by atoms with Crippen molar-refractivity contribution in [1.29, 1.82) is 0 Å². The number of ether oxygens (including phenoxy) is 1. The summed E-state index contributed by atoms with van der Waals surface area (Å²) >= 11 is 0. The van der Waals surface area contributed by atoms with Gasteiger partial charge in [0.15, 0.2) is 11.5 Å². The minimum absolute atomic E-state index is 0.0216. The third-order valence-electron chi connectivity index (χ3n) is 2.18. The molecule has 0 aliphatic heterocycles. The lowest BCUT2D eigenvalue weighted by molar-refractivity contribution is -0.137. The molecule has 0 spiro atoms. The summed E-state index contributed by atoms with van der Waals surface area (Å²) in [6, 6.07) is 2.35. The lowest BCUT2D eigenvalue weighted by Crippen LogP contribution is -1.98. The fourth-order valence-electron chi connectivity index (χ4n) is 1.37. The van der Waals surface area contributed by atoms with Gasteiger partial charge >= 0.3 is 5.97 Å². The predicted octanol–water partition coefficient (Wildman–Crippen LogP) is 1.95. The molecule has 0 fully saturated rings. The maximum Gasteiger partial charge on any atom is 0.303 e. The quantitative estimate of drug-likeness (QED) is 0.808. The topological polar surface area (TPSA) is 66.8 Å². The number of phenolic OH excluding ortho intramolecular Hbond substituents is 1. The summed E-state index contributed by atoms with van der Waals surface area (Å²) in [5, 5.41) is 17.9. The molecule has 88 valence electrons. The van der Waals surface area contributed by atoms with Crippen LogP contribution in [-0.2, 0) is 11.2 Å². The van der Waals surface area contributed by atoms with E-state index in [-0.39, 0.29) is 24.3 Å². The third-order valence-corrected chi connectivity index (χ3v) is 2.18. The first-order valence-electron chi connectivity index (χ1n) is 4.81. The predicted molar refractivity (Wildman–Crippen MR) is 55.2 cm³/mol. The van der Waals surface area contributed by atoms with E-state index in [1.807, 2.05) is 0 Å². The largest absolute Gasteiger partial charge is 0.504 e. The van der Waals surface area contributed by atoms with E-state index in [1.54, 1.807) is 0 Å². The van der Waals surface area contributed by atoms with Crippen LogP contribution in [0.4, 0.5) is 4.39 Å². The summed E-state index contributed by atoms with van der Waals surface area (Å²) < 4.78 is 18.1. The van der Waals surface area contributed by atoms with E-state index in [9.17, 15) is 14.3 Å². The van der Waals surface area contributed by atoms with Gasteiger partial charge in [-0.2, -0.15) is 0 Å². The zero-order valence-corrected chi connectivity index (χ0v) is 8.86. The van der Waals surface area contributed by atoms with Gasteiger partial charge in [-0.3, -0.25) is 4.79 Å². The molecule has 0 bridgehead atoms. The summed E-state index contributed by atoms with van der Waals surface area (Å²) in [7, 11) is 1.33. The Kier molecular flexibility index (Phi) is 4.10. The van der Waals surface area contributed by atoms with Crippen LogP contribution in [0.25, 0.3) is 0 Å². The van der Waals surface area contributed by atoms with Gasteiger partial charge in [-0.25, -0.2) is 4.39 Å². The second-order valence-electron chi connectivity index (χ2n) is 3.36. The Bertz CT molecular complexity index is 390. The SMILES string of the molecule is COc1cc(F)c(CCCC(=O)O)cc1O. The number of carbonyl (C=O) groups is 1. The second kappa shape index (κ2) is 5.34. The first kappa shape index (κ1) is 12.3. The Morgan fingerprint density at radius 2 is 2.19 bits per heavy atom. The van der Waals surface area contributed by atoms with Crippen LogP contribution < -0.4 is 4.74 Å². The van der Waals surface area contributed by atoms with Crippen molar-refractivity contribution in [2.24, 2.45) is 0 Å². The van der Waals surface area contributed by atoms with Crippen LogP contribution in [0.15, 0.2) is 12.1 Å². The average Bonchev–Trinajstić information content (AvgIpc) is 2.22. The molecule has 0 saturated carbocycles. The smallest absolute Gasteiger partial charge is 0.303 e. The number of halogens is 1. The molecule has 1 rings (SSSR count). The van der Waals surface area contributed by atoms with Crippen molar-refractivity contribution < 1.29 is 24.1 Å². The Morgan fingerprint density at radius 3 is 2.75 bits per heavy atom. The molecule has 0 saturated heterocycles. The molecule has 0 amide bonds. The van der Waals surface area contributed by atoms with Crippen LogP contribution in [0.5, 0.6) is 11.5 Å². The summed E-state index contributed by atoms with van der Waals surface area (Å²) in [6.07, 6.45) is 0.583. The van der Waals surface area contributed by atoms with Gasteiger partial charge in [0.1, 0.15) is 5.82 Å². The zero-order valence-electron chi connectivity index (χ0n) is 8.86. The molecule has 1 aromatic rings. The van der Waals surface area contributed by atoms with E-state index < -0.39 is 11.8 Å². The van der Waals surface area contributed by atoms with Gasteiger partial charge < -0.3 is 14.9 Å². The molecule has 1 aromatic carbocycles. The lowest BCUT2D eigenvalue weighted by atomic mass is 10.1. The average molecular weight is 228 g/mol. The van der Waals surface area contributed by atoms with Gasteiger partial charge in [0.2, 0.25) is 0 Å². The number of hydrogen-bond donors (Lipinski definition) is 2. The van der Waals surface area contributed by atoms with Crippen LogP contribution in [0, 0.1) is 5.82 Å². The number of aromatic hydroxyl groups is 1. The number of methoxy groups -OCH3 is 1. The highest BCUT2D eigenvalue weighted by atomic mass is 19.1. The summed E-state index contributed by atoms with van der Waals surface area (Å²) in [5.74, 6) is -1.49. The number of benzene rings is 1. The molecule has 0 radical (unpaired) electrons. The molecule has 0 atom stereocenters. The summed E-state index contributed by atoms with van der Waals surface area (Å²) in [5.41, 5.74) is 0.291. The molecule has 5 heteroatoms. The number of carboxylic acids is 1. The van der Waals surface area contributed by atoms with E-state index in [1.165, 1.54) is 13.2 Å². The van der Waals surface area contributed by atoms with Crippen LogP contribution in [0.2, 0.25) is 0 Å². The van der Waals surface area contributed by atoms with Gasteiger partial charge in [0, 0.05) is 12.5 Å². The van der Waals surface area contributed by atoms with Crippen LogP contribution >= 0.6 is 0 Å². The number of phenols is 1. The lowest BCUT2D eigenvalue weighted by Gasteiger charge is -2.07. The first-order valence-corrected chi connectivity index (χ1v) is 4.81. The third kappa shape index (κ3) is 3.12. The number of hydrogen-bond acceptors (Lipinski definition) is 3. The highest BCUT2D eigenvalue weighted by Crippen LogP contribution is 2.29. The Hall–Kier alpha value is -1.78. The molecule has 4 nitrogen and oxygen atoms in total. The van der Waals surface area contributed by atoms with Gasteiger partial charge in [0.05, 0.1) is 7.11 Å². The monoisotopic (exact) mass is 228 g/mol. The van der Waals surface area contributed by atoms with Crippen molar-refractivity contribution in [3.05, 3.63) is 23.5 Å². The zero-order chi connectivity index (χ0) is 12.1. The fourth-order valence-corrected chi connectivity index (χ4v) is 1.37. The summed E-state index contributed by atoms with van der Waals surface area (Å²) in [4.78, 5) is 10.3. The van der Waals surface area contributed by atoms with Crippen molar-refractivity contribution in [2.75, 3.05) is 7.11 Å². The molecule has 2 N–H and O–H groups in total. The van der Waals surface area contributed by atoms with Crippen LogP contribution in [0.3, 0.4) is 0 Å². The van der Waals surface area contributed by atoms with Crippen molar-refractivity contribution in [2.45, 2.75) is 19.3 Å². The van der Waals surface area contributed by atoms with Crippen molar-refractivity contribution in [1.82, 2.24) is 0 Å². The molecule has 16 heavy (non-hydrogen) atoms. The Morgan fingerprint density at radius 1 is 1.50 bits per heavy atom. The second-order valence-corrected chi connectivity index (χ2v) is 3.36. The number of aryl methyl sites for hydroxylation is 1. The van der Waals surface area contributed by atoms with Crippen molar-refractivity contribution in [3.63, 3.8) is 0 Å². The van der Waals surface area contributed by atoms with E-state index in [0.717, 1.165) is 6.07 Å². The molecular formula is C11H13FO4. The van der Waals surface area contributed by atoms with E-state index in [4.69, 9.17) is 9.84 Å². The van der Waals surface area contributed by atoms with E-state index >= 15 is 0 Å². The van der Waals surface area contributed by atoms with Gasteiger partial charge in [0.25, 0.3) is 0 Å². The molecule has 0 aliphatic rings. The molecule has 0 aliphatic carbocycles. The molecule has 0 aromatic heterocycles. The molecule has 0 unspecified atom stereocenters. The standard InChI is InChI=1S/C11H13FO4/c1-16-10-6-8(12)7(5-9(10)13)3-2-4-11(14)15/h5-6,13H,2-4H2,1H3,(H,14,15). The van der Waals surface area contributed by atoms with Crippen molar-refractivity contribution in [3.8, 4) is 11.5 Å². The highest BCUT2D eigenvalue weighted by molar-refractivity contribution is 5.66. The maximum atomic E-state index is 13.4. The highest BCUT2D eigenvalue weighted by Gasteiger charge is 2.10. The fraction of sp³-hybridized carbons (Fsp3) is 0.364. The molecular weight excluding hydrogens is 215 g/mol. The first-order chi connectivity index (χ1) is 7.54. The van der Waals surface area contributed by atoms with Gasteiger partial charge in [-0.15, -0.1) is 0 Å².